The molecule has 0 aromatic heterocycles. The molecule has 5 nitrogen and oxygen atoms in total. The Bertz CT molecular complexity index is 608. The van der Waals surface area contributed by atoms with Crippen molar-refractivity contribution in [1.82, 2.24) is 10.2 Å². The zero-order chi connectivity index (χ0) is 16.9. The van der Waals surface area contributed by atoms with Crippen molar-refractivity contribution < 1.29 is 13.2 Å². The highest BCUT2D eigenvalue weighted by atomic mass is 32.2. The lowest BCUT2D eigenvalue weighted by molar-refractivity contribution is -0.120. The van der Waals surface area contributed by atoms with Crippen molar-refractivity contribution in [2.45, 2.75) is 31.6 Å². The first kappa shape index (κ1) is 17.9. The summed E-state index contributed by atoms with van der Waals surface area (Å²) in [5.41, 5.74) is 1.32. The van der Waals surface area contributed by atoms with Crippen molar-refractivity contribution in [3.8, 4) is 0 Å². The van der Waals surface area contributed by atoms with E-state index < -0.39 is 15.1 Å². The fourth-order valence-corrected chi connectivity index (χ4v) is 3.25. The predicted molar refractivity (Wildman–Crippen MR) is 91.8 cm³/mol. The number of carbonyl (C=O) groups excluding carboxylic acids is 1. The molecule has 1 atom stereocenters. The average Bonchev–Trinajstić information content (AvgIpc) is 2.53. The number of sulfone groups is 1. The second-order valence-electron chi connectivity index (χ2n) is 6.42. The van der Waals surface area contributed by atoms with Gasteiger partial charge in [-0.3, -0.25) is 9.69 Å². The molecule has 0 unspecified atom stereocenters. The van der Waals surface area contributed by atoms with Gasteiger partial charge in [0.2, 0.25) is 5.91 Å². The molecule has 0 spiro atoms. The molecule has 1 N–H and O–H groups in total. The largest absolute Gasteiger partial charge is 0.355 e. The van der Waals surface area contributed by atoms with Crippen LogP contribution < -0.4 is 5.32 Å². The first-order valence-corrected chi connectivity index (χ1v) is 10.0. The molecule has 0 saturated carbocycles. The van der Waals surface area contributed by atoms with Gasteiger partial charge in [0, 0.05) is 19.3 Å². The summed E-state index contributed by atoms with van der Waals surface area (Å²) in [5, 5.41) is 1.81. The molecule has 1 amide bonds. The molecule has 6 heteroatoms. The van der Waals surface area contributed by atoms with Crippen LogP contribution in [0.25, 0.3) is 0 Å². The number of carbonyl (C=O) groups is 1. The van der Waals surface area contributed by atoms with Crippen molar-refractivity contribution in [2.24, 2.45) is 5.92 Å². The van der Waals surface area contributed by atoms with Gasteiger partial charge in [-0.1, -0.05) is 30.3 Å². The van der Waals surface area contributed by atoms with Gasteiger partial charge in [0.15, 0.2) is 9.84 Å². The molecule has 1 aliphatic heterocycles. The Hall–Kier alpha value is -1.40. The highest BCUT2D eigenvalue weighted by Gasteiger charge is 2.25. The smallest absolute Gasteiger partial charge is 0.238 e. The van der Waals surface area contributed by atoms with Gasteiger partial charge in [-0.2, -0.15) is 0 Å². The fourth-order valence-electron chi connectivity index (χ4n) is 2.77. The SMILES string of the molecule is C[C@@H](C(=O)NCC1CCN(Cc2ccccc2)CC1)S(C)(=O)=O. The standard InChI is InChI=1S/C17H26N2O3S/c1-14(23(2,21)22)17(20)18-12-15-8-10-19(11-9-15)13-16-6-4-3-5-7-16/h3-7,14-15H,8-13H2,1-2H3,(H,18,20)/t14-/m0/s1. The van der Waals surface area contributed by atoms with E-state index in [0.717, 1.165) is 38.7 Å². The Kier molecular flexibility index (Phi) is 6.18. The Morgan fingerprint density at radius 3 is 2.43 bits per heavy atom. The maximum atomic E-state index is 11.8. The molecule has 1 aromatic rings. The van der Waals surface area contributed by atoms with Gasteiger partial charge in [0.1, 0.15) is 5.25 Å². The van der Waals surface area contributed by atoms with Crippen LogP contribution in [0.15, 0.2) is 30.3 Å². The zero-order valence-corrected chi connectivity index (χ0v) is 14.7. The Balaban J connectivity index is 1.72. The van der Waals surface area contributed by atoms with Crippen molar-refractivity contribution in [3.05, 3.63) is 35.9 Å². The molecule has 1 aliphatic rings. The second kappa shape index (κ2) is 7.93. The minimum Gasteiger partial charge on any atom is -0.355 e. The van der Waals surface area contributed by atoms with E-state index >= 15 is 0 Å². The van der Waals surface area contributed by atoms with Crippen molar-refractivity contribution in [2.75, 3.05) is 25.9 Å². The molecule has 23 heavy (non-hydrogen) atoms. The lowest BCUT2D eigenvalue weighted by atomic mass is 9.96. The van der Waals surface area contributed by atoms with Crippen LogP contribution in [0.3, 0.4) is 0 Å². The number of rotatable bonds is 6. The topological polar surface area (TPSA) is 66.5 Å². The summed E-state index contributed by atoms with van der Waals surface area (Å²) >= 11 is 0. The average molecular weight is 338 g/mol. The van der Waals surface area contributed by atoms with Crippen LogP contribution in [0, 0.1) is 5.92 Å². The third-order valence-corrected chi connectivity index (χ3v) is 6.03. The number of benzene rings is 1. The van der Waals surface area contributed by atoms with Gasteiger partial charge >= 0.3 is 0 Å². The first-order valence-electron chi connectivity index (χ1n) is 8.09. The molecular weight excluding hydrogens is 312 g/mol. The number of amides is 1. The number of hydrogen-bond donors (Lipinski definition) is 1. The van der Waals surface area contributed by atoms with Gasteiger partial charge in [-0.05, 0) is 44.3 Å². The van der Waals surface area contributed by atoms with E-state index in [2.05, 4.69) is 34.5 Å². The summed E-state index contributed by atoms with van der Waals surface area (Å²) in [5.74, 6) is 0.0388. The van der Waals surface area contributed by atoms with Gasteiger partial charge in [0.25, 0.3) is 0 Å². The molecule has 128 valence electrons. The van der Waals surface area contributed by atoms with Gasteiger partial charge < -0.3 is 5.32 Å². The maximum absolute atomic E-state index is 11.8. The summed E-state index contributed by atoms with van der Waals surface area (Å²) in [6.45, 7) is 4.99. The van der Waals surface area contributed by atoms with Crippen LogP contribution in [0.2, 0.25) is 0 Å². The van der Waals surface area contributed by atoms with Crippen LogP contribution in [0.5, 0.6) is 0 Å². The van der Waals surface area contributed by atoms with Crippen LogP contribution in [0.4, 0.5) is 0 Å². The number of nitrogens with zero attached hydrogens (tertiary/aromatic N) is 1. The third kappa shape index (κ3) is 5.62. The van der Waals surface area contributed by atoms with Crippen LogP contribution in [0.1, 0.15) is 25.3 Å². The summed E-state index contributed by atoms with van der Waals surface area (Å²) < 4.78 is 22.7. The molecule has 1 aromatic carbocycles. The molecule has 0 aliphatic carbocycles. The number of likely N-dealkylation sites (tertiary alicyclic amines) is 1. The van der Waals surface area contributed by atoms with Gasteiger partial charge in [0.05, 0.1) is 0 Å². The Morgan fingerprint density at radius 2 is 1.87 bits per heavy atom. The number of nitrogens with one attached hydrogen (secondary N) is 1. The van der Waals surface area contributed by atoms with Crippen LogP contribution >= 0.6 is 0 Å². The van der Waals surface area contributed by atoms with Gasteiger partial charge in [-0.25, -0.2) is 8.42 Å². The van der Waals surface area contributed by atoms with E-state index in [1.807, 2.05) is 6.07 Å². The van der Waals surface area contributed by atoms with E-state index in [4.69, 9.17) is 0 Å². The van der Waals surface area contributed by atoms with Crippen LogP contribution in [-0.4, -0.2) is 50.4 Å². The highest BCUT2D eigenvalue weighted by molar-refractivity contribution is 7.92. The number of hydrogen-bond acceptors (Lipinski definition) is 4. The predicted octanol–water partition coefficient (Wildman–Crippen LogP) is 1.45. The molecule has 1 saturated heterocycles. The summed E-state index contributed by atoms with van der Waals surface area (Å²) in [6.07, 6.45) is 3.15. The minimum atomic E-state index is -3.32. The summed E-state index contributed by atoms with van der Waals surface area (Å²) in [6, 6.07) is 10.4. The molecule has 1 heterocycles. The minimum absolute atomic E-state index is 0.390. The molecule has 2 rings (SSSR count). The Morgan fingerprint density at radius 1 is 1.26 bits per heavy atom. The quantitative estimate of drug-likeness (QED) is 0.852. The van der Waals surface area contributed by atoms with Crippen molar-refractivity contribution in [1.29, 1.82) is 0 Å². The molecular formula is C17H26N2O3S. The zero-order valence-electron chi connectivity index (χ0n) is 13.9. The van der Waals surface area contributed by atoms with Gasteiger partial charge in [-0.15, -0.1) is 0 Å². The summed E-state index contributed by atoms with van der Waals surface area (Å²) in [4.78, 5) is 14.3. The maximum Gasteiger partial charge on any atom is 0.238 e. The molecule has 0 bridgehead atoms. The monoisotopic (exact) mass is 338 g/mol. The fraction of sp³-hybridized carbons (Fsp3) is 0.588. The lowest BCUT2D eigenvalue weighted by Gasteiger charge is -2.32. The lowest BCUT2D eigenvalue weighted by Crippen LogP contribution is -2.42. The van der Waals surface area contributed by atoms with E-state index in [1.54, 1.807) is 0 Å². The summed E-state index contributed by atoms with van der Waals surface area (Å²) in [7, 11) is -3.32. The highest BCUT2D eigenvalue weighted by Crippen LogP contribution is 2.18. The third-order valence-electron chi connectivity index (χ3n) is 4.53. The van der Waals surface area contributed by atoms with Crippen LogP contribution in [-0.2, 0) is 21.2 Å². The first-order chi connectivity index (χ1) is 10.9. The van der Waals surface area contributed by atoms with Crippen molar-refractivity contribution in [3.63, 3.8) is 0 Å². The molecule has 0 radical (unpaired) electrons. The molecule has 1 fully saturated rings. The van der Waals surface area contributed by atoms with E-state index in [9.17, 15) is 13.2 Å². The number of piperidine rings is 1. The van der Waals surface area contributed by atoms with E-state index in [0.29, 0.717) is 12.5 Å². The van der Waals surface area contributed by atoms with E-state index in [1.165, 1.54) is 12.5 Å². The van der Waals surface area contributed by atoms with Crippen molar-refractivity contribution >= 4 is 15.7 Å². The Labute approximate surface area is 139 Å². The normalized spacial score (nSPS) is 18.5. The second-order valence-corrected chi connectivity index (χ2v) is 8.79. The van der Waals surface area contributed by atoms with E-state index in [-0.39, 0.29) is 5.91 Å².